The molecule has 1 fully saturated rings. The number of sulfonamides is 1. The van der Waals surface area contributed by atoms with Gasteiger partial charge in [0.1, 0.15) is 0 Å². The second kappa shape index (κ2) is 9.94. The van der Waals surface area contributed by atoms with E-state index in [2.05, 4.69) is 29.3 Å². The first-order valence-electron chi connectivity index (χ1n) is 10.8. The molecular weight excluding hydrogens is 410 g/mol. The number of nitrogens with one attached hydrogen (secondary N) is 1. The van der Waals surface area contributed by atoms with Gasteiger partial charge in [-0.3, -0.25) is 9.69 Å². The van der Waals surface area contributed by atoms with Gasteiger partial charge in [-0.15, -0.1) is 0 Å². The smallest absolute Gasteiger partial charge is 0.243 e. The molecule has 1 saturated carbocycles. The molecule has 6 nitrogen and oxygen atoms in total. The van der Waals surface area contributed by atoms with Crippen molar-refractivity contribution in [2.24, 2.45) is 5.92 Å². The molecule has 7 heteroatoms. The van der Waals surface area contributed by atoms with Crippen LogP contribution >= 0.6 is 0 Å². The highest BCUT2D eigenvalue weighted by atomic mass is 32.2. The number of amides is 1. The maximum absolute atomic E-state index is 12.8. The first-order chi connectivity index (χ1) is 14.7. The van der Waals surface area contributed by atoms with Gasteiger partial charge in [0, 0.05) is 31.4 Å². The van der Waals surface area contributed by atoms with Crippen LogP contribution in [0.5, 0.6) is 0 Å². The predicted molar refractivity (Wildman–Crippen MR) is 124 cm³/mol. The topological polar surface area (TPSA) is 69.7 Å². The highest BCUT2D eigenvalue weighted by Crippen LogP contribution is 2.35. The van der Waals surface area contributed by atoms with Crippen LogP contribution in [-0.4, -0.2) is 49.2 Å². The van der Waals surface area contributed by atoms with Gasteiger partial charge in [0.2, 0.25) is 15.9 Å². The van der Waals surface area contributed by atoms with Crippen LogP contribution < -0.4 is 5.32 Å². The molecule has 1 N–H and O–H groups in total. The Morgan fingerprint density at radius 2 is 1.65 bits per heavy atom. The SMILES string of the molecule is CC(C1CC1)N(CC(=O)Nc1ccc(S(=O)(=O)N(C)C(C)C)cc1)Cc1ccccc1. The number of nitrogens with zero attached hydrogens (tertiary/aromatic N) is 2. The average molecular weight is 444 g/mol. The summed E-state index contributed by atoms with van der Waals surface area (Å²) in [5.74, 6) is 0.553. The summed E-state index contributed by atoms with van der Waals surface area (Å²) in [6.07, 6.45) is 2.43. The Bertz CT molecular complexity index is 971. The first-order valence-corrected chi connectivity index (χ1v) is 12.3. The van der Waals surface area contributed by atoms with E-state index in [0.29, 0.717) is 24.2 Å². The zero-order valence-electron chi connectivity index (χ0n) is 18.8. The van der Waals surface area contributed by atoms with Crippen molar-refractivity contribution >= 4 is 21.6 Å². The number of carbonyl (C=O) groups excluding carboxylic acids is 1. The minimum Gasteiger partial charge on any atom is -0.325 e. The van der Waals surface area contributed by atoms with Gasteiger partial charge in [-0.25, -0.2) is 8.42 Å². The van der Waals surface area contributed by atoms with Gasteiger partial charge in [-0.2, -0.15) is 4.31 Å². The third-order valence-corrected chi connectivity index (χ3v) is 8.05. The molecule has 0 saturated heterocycles. The van der Waals surface area contributed by atoms with Crippen LogP contribution in [0, 0.1) is 5.92 Å². The number of hydrogen-bond acceptors (Lipinski definition) is 4. The maximum atomic E-state index is 12.8. The second-order valence-electron chi connectivity index (χ2n) is 8.66. The monoisotopic (exact) mass is 443 g/mol. The summed E-state index contributed by atoms with van der Waals surface area (Å²) in [5, 5.41) is 2.91. The number of carbonyl (C=O) groups is 1. The minimum atomic E-state index is -3.54. The molecule has 1 aliphatic rings. The third kappa shape index (κ3) is 6.15. The van der Waals surface area contributed by atoms with Crippen LogP contribution in [0.4, 0.5) is 5.69 Å². The fourth-order valence-electron chi connectivity index (χ4n) is 3.58. The molecule has 0 aliphatic heterocycles. The van der Waals surface area contributed by atoms with Crippen molar-refractivity contribution in [3.63, 3.8) is 0 Å². The lowest BCUT2D eigenvalue weighted by molar-refractivity contribution is -0.118. The van der Waals surface area contributed by atoms with Crippen LogP contribution in [0.1, 0.15) is 39.2 Å². The van der Waals surface area contributed by atoms with Gasteiger partial charge in [-0.1, -0.05) is 30.3 Å². The van der Waals surface area contributed by atoms with Gasteiger partial charge in [-0.05, 0) is 69.4 Å². The van der Waals surface area contributed by atoms with Crippen LogP contribution in [0.3, 0.4) is 0 Å². The third-order valence-electron chi connectivity index (χ3n) is 6.00. The molecule has 2 aromatic rings. The first kappa shape index (κ1) is 23.4. The Morgan fingerprint density at radius 3 is 2.19 bits per heavy atom. The Labute approximate surface area is 186 Å². The summed E-state index contributed by atoms with van der Waals surface area (Å²) >= 11 is 0. The van der Waals surface area contributed by atoms with E-state index in [0.717, 1.165) is 6.54 Å². The quantitative estimate of drug-likeness (QED) is 0.604. The molecule has 168 valence electrons. The number of hydrogen-bond donors (Lipinski definition) is 1. The van der Waals surface area contributed by atoms with Crippen molar-refractivity contribution in [1.82, 2.24) is 9.21 Å². The summed E-state index contributed by atoms with van der Waals surface area (Å²) in [6, 6.07) is 16.8. The van der Waals surface area contributed by atoms with Gasteiger partial charge in [0.25, 0.3) is 0 Å². The summed E-state index contributed by atoms with van der Waals surface area (Å²) in [6.45, 7) is 6.87. The van der Waals surface area contributed by atoms with Crippen molar-refractivity contribution in [2.75, 3.05) is 18.9 Å². The van der Waals surface area contributed by atoms with E-state index >= 15 is 0 Å². The Hall–Kier alpha value is -2.22. The molecule has 0 spiro atoms. The van der Waals surface area contributed by atoms with Gasteiger partial charge < -0.3 is 5.32 Å². The fourth-order valence-corrected chi connectivity index (χ4v) is 4.95. The summed E-state index contributed by atoms with van der Waals surface area (Å²) in [5.41, 5.74) is 1.78. The van der Waals surface area contributed by atoms with Gasteiger partial charge in [0.15, 0.2) is 0 Å². The molecule has 1 unspecified atom stereocenters. The van der Waals surface area contributed by atoms with E-state index in [1.165, 1.54) is 22.7 Å². The van der Waals surface area contributed by atoms with Crippen LogP contribution in [0.2, 0.25) is 0 Å². The zero-order valence-corrected chi connectivity index (χ0v) is 19.6. The van der Waals surface area contributed by atoms with E-state index in [-0.39, 0.29) is 16.8 Å². The van der Waals surface area contributed by atoms with E-state index in [4.69, 9.17) is 0 Å². The largest absolute Gasteiger partial charge is 0.325 e. The highest BCUT2D eigenvalue weighted by Gasteiger charge is 2.32. The van der Waals surface area contributed by atoms with Crippen molar-refractivity contribution in [3.05, 3.63) is 60.2 Å². The van der Waals surface area contributed by atoms with E-state index in [1.54, 1.807) is 31.3 Å². The predicted octanol–water partition coefficient (Wildman–Crippen LogP) is 3.95. The minimum absolute atomic E-state index is 0.0988. The van der Waals surface area contributed by atoms with Gasteiger partial charge >= 0.3 is 0 Å². The Balaban J connectivity index is 1.65. The molecular formula is C24H33N3O3S. The lowest BCUT2D eigenvalue weighted by Crippen LogP contribution is -2.40. The molecule has 1 amide bonds. The van der Waals surface area contributed by atoms with E-state index in [9.17, 15) is 13.2 Å². The lowest BCUT2D eigenvalue weighted by atomic mass is 10.1. The summed E-state index contributed by atoms with van der Waals surface area (Å²) in [4.78, 5) is 15.2. The summed E-state index contributed by atoms with van der Waals surface area (Å²) in [7, 11) is -1.97. The zero-order chi connectivity index (χ0) is 22.6. The average Bonchev–Trinajstić information content (AvgIpc) is 3.58. The Morgan fingerprint density at radius 1 is 1.03 bits per heavy atom. The molecule has 31 heavy (non-hydrogen) atoms. The van der Waals surface area contributed by atoms with Crippen molar-refractivity contribution in [2.45, 2.75) is 57.1 Å². The Kier molecular flexibility index (Phi) is 7.51. The molecule has 0 heterocycles. The molecule has 0 aromatic heterocycles. The van der Waals surface area contributed by atoms with Crippen molar-refractivity contribution in [1.29, 1.82) is 0 Å². The molecule has 1 atom stereocenters. The second-order valence-corrected chi connectivity index (χ2v) is 10.7. The molecule has 0 radical (unpaired) electrons. The normalized spacial score (nSPS) is 15.5. The number of rotatable bonds is 10. The van der Waals surface area contributed by atoms with Crippen molar-refractivity contribution in [3.8, 4) is 0 Å². The number of anilines is 1. The van der Waals surface area contributed by atoms with Crippen LogP contribution in [0.15, 0.2) is 59.5 Å². The molecule has 3 rings (SSSR count). The van der Waals surface area contributed by atoms with Gasteiger partial charge in [0.05, 0.1) is 11.4 Å². The van der Waals surface area contributed by atoms with Crippen LogP contribution in [0.25, 0.3) is 0 Å². The van der Waals surface area contributed by atoms with Crippen LogP contribution in [-0.2, 0) is 21.4 Å². The molecule has 2 aromatic carbocycles. The van der Waals surface area contributed by atoms with E-state index in [1.807, 2.05) is 32.0 Å². The maximum Gasteiger partial charge on any atom is 0.243 e. The number of benzene rings is 2. The molecule has 0 bridgehead atoms. The fraction of sp³-hybridized carbons (Fsp3) is 0.458. The highest BCUT2D eigenvalue weighted by molar-refractivity contribution is 7.89. The van der Waals surface area contributed by atoms with E-state index < -0.39 is 10.0 Å². The molecule has 1 aliphatic carbocycles. The lowest BCUT2D eigenvalue weighted by Gasteiger charge is -2.28. The summed E-state index contributed by atoms with van der Waals surface area (Å²) < 4.78 is 26.5. The van der Waals surface area contributed by atoms with Crippen molar-refractivity contribution < 1.29 is 13.2 Å². The standard InChI is InChI=1S/C24H33N3O3S/c1-18(2)26(4)31(29,30)23-14-12-22(13-15-23)25-24(28)17-27(19(3)21-10-11-21)16-20-8-6-5-7-9-20/h5-9,12-15,18-19,21H,10-11,16-17H2,1-4H3,(H,25,28).